The van der Waals surface area contributed by atoms with Gasteiger partial charge in [-0.05, 0) is 25.1 Å². The highest BCUT2D eigenvalue weighted by atomic mass is 16.6. The molecule has 1 saturated heterocycles. The number of carbonyl (C=O) groups excluding carboxylic acids is 1. The maximum Gasteiger partial charge on any atom is 0.273 e. The summed E-state index contributed by atoms with van der Waals surface area (Å²) in [6, 6.07) is 9.94. The fourth-order valence-electron chi connectivity index (χ4n) is 3.08. The van der Waals surface area contributed by atoms with Crippen LogP contribution in [-0.4, -0.2) is 44.2 Å². The minimum Gasteiger partial charge on any atom is -0.497 e. The lowest BCUT2D eigenvalue weighted by Gasteiger charge is -2.30. The molecule has 8 nitrogen and oxygen atoms in total. The van der Waals surface area contributed by atoms with Gasteiger partial charge in [-0.15, -0.1) is 0 Å². The van der Waals surface area contributed by atoms with Crippen molar-refractivity contribution in [3.8, 4) is 5.75 Å². The fourth-order valence-corrected chi connectivity index (χ4v) is 3.08. The highest BCUT2D eigenvalue weighted by molar-refractivity contribution is 6.07. The minimum absolute atomic E-state index is 0.0818. The second-order valence-electron chi connectivity index (χ2n) is 6.14. The number of nitro groups is 1. The first-order valence-corrected chi connectivity index (χ1v) is 8.57. The molecule has 3 rings (SSSR count). The number of anilines is 2. The first-order chi connectivity index (χ1) is 13.0. The number of benzene rings is 2. The molecule has 0 bridgehead atoms. The van der Waals surface area contributed by atoms with Crippen LogP contribution in [0.3, 0.4) is 0 Å². The highest BCUT2D eigenvalue weighted by Crippen LogP contribution is 2.32. The van der Waals surface area contributed by atoms with Crippen molar-refractivity contribution >= 4 is 23.0 Å². The number of nitro benzene ring substituents is 1. The lowest BCUT2D eigenvalue weighted by atomic mass is 10.1. The van der Waals surface area contributed by atoms with Gasteiger partial charge in [0.2, 0.25) is 0 Å². The Bertz CT molecular complexity index is 862. The molecule has 27 heavy (non-hydrogen) atoms. The molecule has 0 aliphatic carbocycles. The van der Waals surface area contributed by atoms with Crippen LogP contribution in [0, 0.1) is 17.0 Å². The van der Waals surface area contributed by atoms with Crippen LogP contribution in [0.4, 0.5) is 17.1 Å². The molecule has 0 spiro atoms. The van der Waals surface area contributed by atoms with E-state index in [2.05, 4.69) is 10.2 Å². The molecule has 2 aromatic rings. The van der Waals surface area contributed by atoms with Crippen molar-refractivity contribution in [2.45, 2.75) is 6.92 Å². The predicted molar refractivity (Wildman–Crippen MR) is 102 cm³/mol. The van der Waals surface area contributed by atoms with Crippen LogP contribution in [0.5, 0.6) is 5.75 Å². The lowest BCUT2D eigenvalue weighted by molar-refractivity contribution is -0.385. The maximum absolute atomic E-state index is 12.8. The van der Waals surface area contributed by atoms with Crippen molar-refractivity contribution in [3.63, 3.8) is 0 Å². The van der Waals surface area contributed by atoms with E-state index in [9.17, 15) is 14.9 Å². The van der Waals surface area contributed by atoms with Crippen molar-refractivity contribution in [1.29, 1.82) is 0 Å². The Balaban J connectivity index is 1.93. The molecule has 0 unspecified atom stereocenters. The minimum atomic E-state index is -0.489. The van der Waals surface area contributed by atoms with E-state index >= 15 is 0 Å². The van der Waals surface area contributed by atoms with Gasteiger partial charge in [0.1, 0.15) is 5.75 Å². The molecule has 1 aliphatic heterocycles. The number of ether oxygens (including phenoxy) is 2. The molecular weight excluding hydrogens is 350 g/mol. The number of methoxy groups -OCH3 is 1. The van der Waals surface area contributed by atoms with Crippen LogP contribution in [0.1, 0.15) is 15.9 Å². The summed E-state index contributed by atoms with van der Waals surface area (Å²) in [5.41, 5.74) is 1.96. The normalized spacial score (nSPS) is 13.9. The van der Waals surface area contributed by atoms with Gasteiger partial charge in [0.15, 0.2) is 0 Å². The molecule has 1 N–H and O–H groups in total. The van der Waals surface area contributed by atoms with Gasteiger partial charge in [-0.3, -0.25) is 14.9 Å². The fraction of sp³-hybridized carbons (Fsp3) is 0.316. The number of hydrogen-bond donors (Lipinski definition) is 1. The Morgan fingerprint density at radius 3 is 2.67 bits per heavy atom. The van der Waals surface area contributed by atoms with Gasteiger partial charge < -0.3 is 19.7 Å². The van der Waals surface area contributed by atoms with E-state index in [1.807, 2.05) is 12.1 Å². The summed E-state index contributed by atoms with van der Waals surface area (Å²) < 4.78 is 10.7. The van der Waals surface area contributed by atoms with Crippen molar-refractivity contribution in [1.82, 2.24) is 0 Å². The molecule has 0 radical (unpaired) electrons. The largest absolute Gasteiger partial charge is 0.497 e. The standard InChI is InChI=1S/C19H21N3O5/c1-13-15(4-3-5-17(13)22(24)25)19(23)20-16-12-14(26-2)6-7-18(16)21-8-10-27-11-9-21/h3-7,12H,8-11H2,1-2H3,(H,20,23). The second-order valence-corrected chi connectivity index (χ2v) is 6.14. The molecule has 1 amide bonds. The van der Waals surface area contributed by atoms with E-state index in [0.717, 1.165) is 5.69 Å². The molecule has 0 saturated carbocycles. The van der Waals surface area contributed by atoms with E-state index in [4.69, 9.17) is 9.47 Å². The zero-order valence-corrected chi connectivity index (χ0v) is 15.2. The molecular formula is C19H21N3O5. The molecule has 0 aromatic heterocycles. The van der Waals surface area contributed by atoms with Crippen molar-refractivity contribution < 1.29 is 19.2 Å². The van der Waals surface area contributed by atoms with Gasteiger partial charge >= 0.3 is 0 Å². The summed E-state index contributed by atoms with van der Waals surface area (Å²) in [6.45, 7) is 4.23. The van der Waals surface area contributed by atoms with Crippen molar-refractivity contribution in [3.05, 3.63) is 57.6 Å². The van der Waals surface area contributed by atoms with Gasteiger partial charge in [-0.25, -0.2) is 0 Å². The van der Waals surface area contributed by atoms with Crippen LogP contribution in [0.25, 0.3) is 0 Å². The summed E-state index contributed by atoms with van der Waals surface area (Å²) in [6.07, 6.45) is 0. The Morgan fingerprint density at radius 2 is 2.00 bits per heavy atom. The van der Waals surface area contributed by atoms with Crippen LogP contribution < -0.4 is 15.0 Å². The van der Waals surface area contributed by atoms with Gasteiger partial charge in [0.05, 0.1) is 36.6 Å². The number of carbonyl (C=O) groups is 1. The van der Waals surface area contributed by atoms with Crippen LogP contribution in [0.15, 0.2) is 36.4 Å². The van der Waals surface area contributed by atoms with Gasteiger partial charge in [-0.1, -0.05) is 6.07 Å². The highest BCUT2D eigenvalue weighted by Gasteiger charge is 2.21. The predicted octanol–water partition coefficient (Wildman–Crippen LogP) is 3.00. The number of nitrogens with zero attached hydrogens (tertiary/aromatic N) is 2. The number of nitrogens with one attached hydrogen (secondary N) is 1. The number of rotatable bonds is 5. The van der Waals surface area contributed by atoms with E-state index < -0.39 is 10.8 Å². The SMILES string of the molecule is COc1ccc(N2CCOCC2)c(NC(=O)c2cccc([N+](=O)[O-])c2C)c1. The molecule has 1 fully saturated rings. The zero-order chi connectivity index (χ0) is 19.4. The Labute approximate surface area is 156 Å². The monoisotopic (exact) mass is 371 g/mol. The summed E-state index contributed by atoms with van der Waals surface area (Å²) in [5, 5.41) is 14.0. The van der Waals surface area contributed by atoms with Crippen LogP contribution in [0.2, 0.25) is 0 Å². The van der Waals surface area contributed by atoms with Gasteiger partial charge in [0, 0.05) is 36.3 Å². The third kappa shape index (κ3) is 4.01. The van der Waals surface area contributed by atoms with E-state index in [1.165, 1.54) is 12.1 Å². The zero-order valence-electron chi connectivity index (χ0n) is 15.2. The molecule has 142 valence electrons. The Hall–Kier alpha value is -3.13. The summed E-state index contributed by atoms with van der Waals surface area (Å²) in [5.74, 6) is 0.206. The first kappa shape index (κ1) is 18.7. The Kier molecular flexibility index (Phi) is 5.56. The number of hydrogen-bond acceptors (Lipinski definition) is 6. The van der Waals surface area contributed by atoms with E-state index in [-0.39, 0.29) is 11.3 Å². The van der Waals surface area contributed by atoms with Gasteiger partial charge in [0.25, 0.3) is 11.6 Å². The van der Waals surface area contributed by atoms with Gasteiger partial charge in [-0.2, -0.15) is 0 Å². The number of amides is 1. The first-order valence-electron chi connectivity index (χ1n) is 8.57. The molecule has 2 aromatic carbocycles. The van der Waals surface area contributed by atoms with Crippen LogP contribution >= 0.6 is 0 Å². The second kappa shape index (κ2) is 8.05. The lowest BCUT2D eigenvalue weighted by Crippen LogP contribution is -2.36. The molecule has 0 atom stereocenters. The van der Waals surface area contributed by atoms with Crippen molar-refractivity contribution in [2.75, 3.05) is 43.6 Å². The molecule has 1 heterocycles. The molecule has 8 heteroatoms. The van der Waals surface area contributed by atoms with Crippen LogP contribution in [-0.2, 0) is 4.74 Å². The quantitative estimate of drug-likeness (QED) is 0.641. The average Bonchev–Trinajstić information content (AvgIpc) is 2.68. The van der Waals surface area contributed by atoms with E-state index in [0.29, 0.717) is 43.3 Å². The topological polar surface area (TPSA) is 93.9 Å². The van der Waals surface area contributed by atoms with Crippen molar-refractivity contribution in [2.24, 2.45) is 0 Å². The summed E-state index contributed by atoms with van der Waals surface area (Å²) in [7, 11) is 1.56. The number of morpholine rings is 1. The summed E-state index contributed by atoms with van der Waals surface area (Å²) in [4.78, 5) is 25.6. The Morgan fingerprint density at radius 1 is 1.26 bits per heavy atom. The van der Waals surface area contributed by atoms with E-state index in [1.54, 1.807) is 26.2 Å². The maximum atomic E-state index is 12.8. The third-order valence-corrected chi connectivity index (χ3v) is 4.55. The summed E-state index contributed by atoms with van der Waals surface area (Å²) >= 11 is 0. The smallest absolute Gasteiger partial charge is 0.273 e. The molecule has 1 aliphatic rings. The average molecular weight is 371 g/mol. The third-order valence-electron chi connectivity index (χ3n) is 4.55.